The van der Waals surface area contributed by atoms with Crippen molar-refractivity contribution in [1.29, 1.82) is 0 Å². The Morgan fingerprint density at radius 2 is 1.78 bits per heavy atom. The number of nitrogens with zero attached hydrogens (tertiary/aromatic N) is 2. The molecule has 1 atom stereocenters. The number of hydrogen-bond donors (Lipinski definition) is 1. The highest BCUT2D eigenvalue weighted by atomic mass is 32.2. The van der Waals surface area contributed by atoms with Gasteiger partial charge in [0.2, 0.25) is 10.0 Å². The molecule has 27 heavy (non-hydrogen) atoms. The van der Waals surface area contributed by atoms with E-state index in [9.17, 15) is 17.6 Å². The molecule has 2 aromatic rings. The number of ether oxygens (including phenoxy) is 1. The van der Waals surface area contributed by atoms with Crippen molar-refractivity contribution in [2.75, 3.05) is 17.7 Å². The fourth-order valence-electron chi connectivity index (χ4n) is 2.35. The van der Waals surface area contributed by atoms with Crippen LogP contribution in [0.3, 0.4) is 0 Å². The van der Waals surface area contributed by atoms with Gasteiger partial charge in [0.15, 0.2) is 0 Å². The van der Waals surface area contributed by atoms with Crippen molar-refractivity contribution in [2.24, 2.45) is 5.10 Å². The molecule has 0 saturated carbocycles. The van der Waals surface area contributed by atoms with E-state index in [1.807, 2.05) is 0 Å². The molecular weight excluding hydrogens is 373 g/mol. The quantitative estimate of drug-likeness (QED) is 0.577. The number of hydrogen-bond acceptors (Lipinski definition) is 5. The number of sulfonamides is 1. The predicted octanol–water partition coefficient (Wildman–Crippen LogP) is 2.14. The number of hydrazone groups is 1. The molecule has 0 aromatic heterocycles. The van der Waals surface area contributed by atoms with Gasteiger partial charge in [0.05, 0.1) is 25.3 Å². The number of carbonyl (C=O) groups is 1. The summed E-state index contributed by atoms with van der Waals surface area (Å²) in [4.78, 5) is 12.4. The van der Waals surface area contributed by atoms with Gasteiger partial charge in [0, 0.05) is 0 Å². The fraction of sp³-hybridized carbons (Fsp3) is 0.222. The maximum Gasteiger partial charge on any atom is 0.263 e. The van der Waals surface area contributed by atoms with Gasteiger partial charge < -0.3 is 4.74 Å². The van der Waals surface area contributed by atoms with E-state index in [1.54, 1.807) is 24.3 Å². The number of halogens is 1. The average Bonchev–Trinajstić information content (AvgIpc) is 2.62. The van der Waals surface area contributed by atoms with E-state index in [0.29, 0.717) is 17.0 Å². The smallest absolute Gasteiger partial charge is 0.263 e. The first kappa shape index (κ1) is 20.4. The highest BCUT2D eigenvalue weighted by molar-refractivity contribution is 7.92. The minimum atomic E-state index is -3.73. The minimum absolute atomic E-state index is 0.323. The van der Waals surface area contributed by atoms with Crippen molar-refractivity contribution in [3.8, 4) is 5.75 Å². The highest BCUT2D eigenvalue weighted by Crippen LogP contribution is 2.23. The van der Waals surface area contributed by atoms with E-state index in [4.69, 9.17) is 4.74 Å². The van der Waals surface area contributed by atoms with Crippen LogP contribution in [0.25, 0.3) is 0 Å². The van der Waals surface area contributed by atoms with Gasteiger partial charge in [-0.25, -0.2) is 18.2 Å². The third kappa shape index (κ3) is 5.52. The molecule has 0 fully saturated rings. The Kier molecular flexibility index (Phi) is 6.51. The normalized spacial score (nSPS) is 12.6. The fourth-order valence-corrected chi connectivity index (χ4v) is 3.53. The van der Waals surface area contributed by atoms with Gasteiger partial charge in [0.25, 0.3) is 5.91 Å². The SMILES string of the molecule is COc1ccc(N([C@H](C)C(=O)N/N=C\c2ccc(F)cc2)S(C)(=O)=O)cc1. The van der Waals surface area contributed by atoms with Crippen molar-refractivity contribution in [1.82, 2.24) is 5.43 Å². The number of anilines is 1. The first-order chi connectivity index (χ1) is 12.7. The molecule has 0 bridgehead atoms. The zero-order chi connectivity index (χ0) is 20.0. The predicted molar refractivity (Wildman–Crippen MR) is 102 cm³/mol. The van der Waals surface area contributed by atoms with Crippen molar-refractivity contribution in [2.45, 2.75) is 13.0 Å². The standard InChI is InChI=1S/C18H20FN3O4S/c1-13(18(23)21-20-12-14-4-6-15(19)7-5-14)22(27(3,24)25)16-8-10-17(26-2)11-9-16/h4-13H,1-3H3,(H,21,23)/b20-12-/t13-/m1/s1. The van der Waals surface area contributed by atoms with Crippen LogP contribution in [-0.2, 0) is 14.8 Å². The summed E-state index contributed by atoms with van der Waals surface area (Å²) in [6.07, 6.45) is 2.35. The molecule has 0 radical (unpaired) electrons. The number of benzene rings is 2. The minimum Gasteiger partial charge on any atom is -0.497 e. The number of carbonyl (C=O) groups excluding carboxylic acids is 1. The van der Waals surface area contributed by atoms with E-state index in [1.165, 1.54) is 44.5 Å². The molecule has 0 aliphatic rings. The summed E-state index contributed by atoms with van der Waals surface area (Å²) in [5.41, 5.74) is 3.20. The van der Waals surface area contributed by atoms with Crippen molar-refractivity contribution < 1.29 is 22.3 Å². The van der Waals surface area contributed by atoms with Crippen molar-refractivity contribution in [3.05, 3.63) is 59.9 Å². The number of rotatable bonds is 7. The third-order valence-corrected chi connectivity index (χ3v) is 4.92. The summed E-state index contributed by atoms with van der Waals surface area (Å²) in [6.45, 7) is 1.45. The molecule has 9 heteroatoms. The zero-order valence-electron chi connectivity index (χ0n) is 15.1. The van der Waals surface area contributed by atoms with E-state index in [2.05, 4.69) is 10.5 Å². The Morgan fingerprint density at radius 1 is 1.19 bits per heavy atom. The largest absolute Gasteiger partial charge is 0.497 e. The first-order valence-corrected chi connectivity index (χ1v) is 9.79. The summed E-state index contributed by atoms with van der Waals surface area (Å²) in [6, 6.07) is 10.8. The van der Waals surface area contributed by atoms with Gasteiger partial charge in [-0.3, -0.25) is 9.10 Å². The summed E-state index contributed by atoms with van der Waals surface area (Å²) in [7, 11) is -2.23. The van der Waals surface area contributed by atoms with Gasteiger partial charge in [-0.2, -0.15) is 5.10 Å². The van der Waals surface area contributed by atoms with E-state index >= 15 is 0 Å². The molecule has 7 nitrogen and oxygen atoms in total. The van der Waals surface area contributed by atoms with Crippen LogP contribution >= 0.6 is 0 Å². The Morgan fingerprint density at radius 3 is 2.30 bits per heavy atom. The maximum absolute atomic E-state index is 12.9. The van der Waals surface area contributed by atoms with Crippen LogP contribution in [0, 0.1) is 5.82 Å². The van der Waals surface area contributed by atoms with E-state index in [-0.39, 0.29) is 5.82 Å². The molecule has 0 spiro atoms. The molecule has 0 saturated heterocycles. The topological polar surface area (TPSA) is 88.1 Å². The summed E-state index contributed by atoms with van der Waals surface area (Å²) >= 11 is 0. The zero-order valence-corrected chi connectivity index (χ0v) is 15.9. The summed E-state index contributed by atoms with van der Waals surface area (Å²) in [5, 5.41) is 3.79. The van der Waals surface area contributed by atoms with Crippen LogP contribution in [-0.4, -0.2) is 39.9 Å². The van der Waals surface area contributed by atoms with Gasteiger partial charge >= 0.3 is 0 Å². The third-order valence-electron chi connectivity index (χ3n) is 3.67. The Labute approximate surface area is 157 Å². The van der Waals surface area contributed by atoms with Gasteiger partial charge in [0.1, 0.15) is 17.6 Å². The van der Waals surface area contributed by atoms with Crippen LogP contribution in [0.5, 0.6) is 5.75 Å². The molecule has 0 aliphatic carbocycles. The molecule has 0 unspecified atom stereocenters. The van der Waals surface area contributed by atoms with Crippen LogP contribution in [0.4, 0.5) is 10.1 Å². The lowest BCUT2D eigenvalue weighted by molar-refractivity contribution is -0.121. The molecule has 1 N–H and O–H groups in total. The van der Waals surface area contributed by atoms with Gasteiger partial charge in [-0.1, -0.05) is 12.1 Å². The van der Waals surface area contributed by atoms with Crippen molar-refractivity contribution >= 4 is 27.8 Å². The Balaban J connectivity index is 2.15. The average molecular weight is 393 g/mol. The lowest BCUT2D eigenvalue weighted by Gasteiger charge is -2.27. The monoisotopic (exact) mass is 393 g/mol. The molecule has 2 rings (SSSR count). The molecule has 2 aromatic carbocycles. The molecule has 0 heterocycles. The lowest BCUT2D eigenvalue weighted by atomic mass is 10.2. The molecular formula is C18H20FN3O4S. The van der Waals surface area contributed by atoms with Crippen LogP contribution in [0.2, 0.25) is 0 Å². The second-order valence-electron chi connectivity index (χ2n) is 5.72. The van der Waals surface area contributed by atoms with E-state index in [0.717, 1.165) is 10.6 Å². The van der Waals surface area contributed by atoms with E-state index < -0.39 is 22.0 Å². The lowest BCUT2D eigenvalue weighted by Crippen LogP contribution is -2.46. The number of amides is 1. The summed E-state index contributed by atoms with van der Waals surface area (Å²) in [5.74, 6) is -0.434. The Hall–Kier alpha value is -2.94. The maximum atomic E-state index is 12.9. The first-order valence-electron chi connectivity index (χ1n) is 7.94. The summed E-state index contributed by atoms with van der Waals surface area (Å²) < 4.78 is 43.3. The van der Waals surface area contributed by atoms with Crippen LogP contribution in [0.15, 0.2) is 53.6 Å². The molecule has 1 amide bonds. The second-order valence-corrected chi connectivity index (χ2v) is 7.58. The van der Waals surface area contributed by atoms with Crippen LogP contribution < -0.4 is 14.5 Å². The van der Waals surface area contributed by atoms with Crippen LogP contribution in [0.1, 0.15) is 12.5 Å². The van der Waals surface area contributed by atoms with Crippen molar-refractivity contribution in [3.63, 3.8) is 0 Å². The highest BCUT2D eigenvalue weighted by Gasteiger charge is 2.29. The Bertz CT molecular complexity index is 913. The number of nitrogens with one attached hydrogen (secondary N) is 1. The second kappa shape index (κ2) is 8.63. The molecule has 0 aliphatic heterocycles. The van der Waals surface area contributed by atoms with Gasteiger partial charge in [-0.15, -0.1) is 0 Å². The molecule has 144 valence electrons. The van der Waals surface area contributed by atoms with Gasteiger partial charge in [-0.05, 0) is 48.9 Å². The number of methoxy groups -OCH3 is 1.